The Bertz CT molecular complexity index is 666. The third kappa shape index (κ3) is 3.02. The minimum Gasteiger partial charge on any atom is -0.449 e. The summed E-state index contributed by atoms with van der Waals surface area (Å²) in [6.07, 6.45) is 1.48. The molecular weight excluding hydrogens is 389 g/mol. The molecular formula is C18H16INO2. The molecule has 22 heavy (non-hydrogen) atoms. The SMILES string of the molecule is O=C(NC/C=C/I)OCC1c2ccccc2-c2ccccc21. The first-order valence-electron chi connectivity index (χ1n) is 7.15. The maximum absolute atomic E-state index is 11.7. The van der Waals surface area contributed by atoms with E-state index in [1.807, 2.05) is 34.4 Å². The van der Waals surface area contributed by atoms with Crippen LogP contribution < -0.4 is 5.32 Å². The highest BCUT2D eigenvalue weighted by molar-refractivity contribution is 14.1. The Hall–Kier alpha value is -1.82. The Morgan fingerprint density at radius 1 is 1.09 bits per heavy atom. The van der Waals surface area contributed by atoms with Gasteiger partial charge < -0.3 is 10.1 Å². The van der Waals surface area contributed by atoms with Crippen LogP contribution in [0.2, 0.25) is 0 Å². The van der Waals surface area contributed by atoms with Crippen molar-refractivity contribution in [2.45, 2.75) is 5.92 Å². The van der Waals surface area contributed by atoms with Gasteiger partial charge >= 0.3 is 6.09 Å². The fraction of sp³-hybridized carbons (Fsp3) is 0.167. The zero-order valence-corrected chi connectivity index (χ0v) is 14.1. The van der Waals surface area contributed by atoms with Crippen LogP contribution in [-0.2, 0) is 4.74 Å². The molecule has 1 aliphatic carbocycles. The lowest BCUT2D eigenvalue weighted by atomic mass is 9.98. The van der Waals surface area contributed by atoms with Crippen LogP contribution in [0.3, 0.4) is 0 Å². The summed E-state index contributed by atoms with van der Waals surface area (Å²) in [6.45, 7) is 0.841. The summed E-state index contributed by atoms with van der Waals surface area (Å²) in [7, 11) is 0. The van der Waals surface area contributed by atoms with Crippen molar-refractivity contribution in [2.75, 3.05) is 13.2 Å². The van der Waals surface area contributed by atoms with Gasteiger partial charge in [-0.1, -0.05) is 77.2 Å². The number of nitrogens with one attached hydrogen (secondary N) is 1. The monoisotopic (exact) mass is 405 g/mol. The molecule has 3 nitrogen and oxygen atoms in total. The van der Waals surface area contributed by atoms with E-state index in [2.05, 4.69) is 52.2 Å². The van der Waals surface area contributed by atoms with E-state index in [0.29, 0.717) is 13.2 Å². The number of halogens is 1. The summed E-state index contributed by atoms with van der Waals surface area (Å²) in [4.78, 5) is 11.7. The molecule has 2 aromatic carbocycles. The third-order valence-corrected chi connectivity index (χ3v) is 4.31. The minimum atomic E-state index is -0.378. The van der Waals surface area contributed by atoms with Gasteiger partial charge in [0, 0.05) is 12.5 Å². The van der Waals surface area contributed by atoms with Crippen LogP contribution in [0.25, 0.3) is 11.1 Å². The normalized spacial score (nSPS) is 13.0. The number of carbonyl (C=O) groups excluding carboxylic acids is 1. The van der Waals surface area contributed by atoms with E-state index in [1.54, 1.807) is 0 Å². The molecule has 3 rings (SSSR count). The molecule has 0 saturated carbocycles. The zero-order valence-electron chi connectivity index (χ0n) is 12.0. The molecule has 2 aromatic rings. The quantitative estimate of drug-likeness (QED) is 0.763. The summed E-state index contributed by atoms with van der Waals surface area (Å²) in [5.74, 6) is 0.110. The van der Waals surface area contributed by atoms with Crippen molar-refractivity contribution in [3.8, 4) is 11.1 Å². The molecule has 0 atom stereocenters. The molecule has 0 bridgehead atoms. The standard InChI is InChI=1S/C18H16INO2/c19-10-5-11-20-18(21)22-12-17-15-8-3-1-6-13(15)14-7-2-4-9-16(14)17/h1-10,17H,11-12H2,(H,20,21)/b10-5+. The summed E-state index contributed by atoms with van der Waals surface area (Å²) in [5, 5.41) is 2.70. The molecule has 0 saturated heterocycles. The Kier molecular flexibility index (Phi) is 4.77. The van der Waals surface area contributed by atoms with Gasteiger partial charge in [-0.25, -0.2) is 4.79 Å². The van der Waals surface area contributed by atoms with Crippen LogP contribution >= 0.6 is 22.6 Å². The van der Waals surface area contributed by atoms with E-state index in [4.69, 9.17) is 4.74 Å². The summed E-state index contributed by atoms with van der Waals surface area (Å²) < 4.78 is 7.26. The number of hydrogen-bond donors (Lipinski definition) is 1. The van der Waals surface area contributed by atoms with Crippen molar-refractivity contribution >= 4 is 28.7 Å². The summed E-state index contributed by atoms with van der Waals surface area (Å²) in [6, 6.07) is 16.6. The fourth-order valence-electron chi connectivity index (χ4n) is 2.84. The van der Waals surface area contributed by atoms with Crippen LogP contribution in [0, 0.1) is 0 Å². The number of carbonyl (C=O) groups is 1. The molecule has 1 N–H and O–H groups in total. The van der Waals surface area contributed by atoms with Crippen molar-refractivity contribution in [2.24, 2.45) is 0 Å². The van der Waals surface area contributed by atoms with Crippen molar-refractivity contribution in [1.82, 2.24) is 5.32 Å². The van der Waals surface area contributed by atoms with E-state index in [-0.39, 0.29) is 12.0 Å². The van der Waals surface area contributed by atoms with Crippen LogP contribution in [0.5, 0.6) is 0 Å². The second-order valence-corrected chi connectivity index (χ2v) is 5.79. The number of benzene rings is 2. The molecule has 0 heterocycles. The number of amides is 1. The van der Waals surface area contributed by atoms with Crippen molar-refractivity contribution in [1.29, 1.82) is 0 Å². The summed E-state index contributed by atoms with van der Waals surface area (Å²) in [5.41, 5.74) is 4.92. The highest BCUT2D eigenvalue weighted by atomic mass is 127. The molecule has 0 unspecified atom stereocenters. The number of alkyl carbamates (subject to hydrolysis) is 1. The van der Waals surface area contributed by atoms with E-state index >= 15 is 0 Å². The number of ether oxygens (including phenoxy) is 1. The van der Waals surface area contributed by atoms with Crippen molar-refractivity contribution in [3.05, 3.63) is 69.8 Å². The van der Waals surface area contributed by atoms with Gasteiger partial charge in [-0.05, 0) is 26.3 Å². The lowest BCUT2D eigenvalue weighted by Crippen LogP contribution is -2.26. The lowest BCUT2D eigenvalue weighted by Gasteiger charge is -2.14. The molecule has 1 amide bonds. The number of fused-ring (bicyclic) bond motifs is 3. The molecule has 1 aliphatic rings. The number of hydrogen-bond acceptors (Lipinski definition) is 2. The predicted molar refractivity (Wildman–Crippen MR) is 96.2 cm³/mol. The lowest BCUT2D eigenvalue weighted by molar-refractivity contribution is 0.144. The first kappa shape index (κ1) is 15.1. The first-order chi connectivity index (χ1) is 10.8. The highest BCUT2D eigenvalue weighted by Crippen LogP contribution is 2.44. The molecule has 4 heteroatoms. The fourth-order valence-corrected chi connectivity index (χ4v) is 3.09. The average Bonchev–Trinajstić information content (AvgIpc) is 2.87. The largest absolute Gasteiger partial charge is 0.449 e. The maximum atomic E-state index is 11.7. The molecule has 0 aromatic heterocycles. The Morgan fingerprint density at radius 3 is 2.27 bits per heavy atom. The van der Waals surface area contributed by atoms with E-state index < -0.39 is 0 Å². The number of rotatable bonds is 4. The van der Waals surface area contributed by atoms with Crippen LogP contribution in [0.4, 0.5) is 4.79 Å². The first-order valence-corrected chi connectivity index (χ1v) is 8.40. The molecule has 0 fully saturated rings. The van der Waals surface area contributed by atoms with Gasteiger partial charge in [0.15, 0.2) is 0 Å². The van der Waals surface area contributed by atoms with Gasteiger partial charge in [0.25, 0.3) is 0 Å². The van der Waals surface area contributed by atoms with E-state index in [1.165, 1.54) is 22.3 Å². The average molecular weight is 405 g/mol. The summed E-state index contributed by atoms with van der Waals surface area (Å²) >= 11 is 2.11. The smallest absolute Gasteiger partial charge is 0.407 e. The van der Waals surface area contributed by atoms with Gasteiger partial charge in [0.2, 0.25) is 0 Å². The van der Waals surface area contributed by atoms with Gasteiger partial charge in [0.1, 0.15) is 6.61 Å². The second-order valence-electron chi connectivity index (χ2n) is 5.07. The van der Waals surface area contributed by atoms with Crippen LogP contribution in [0.15, 0.2) is 58.7 Å². The van der Waals surface area contributed by atoms with Crippen molar-refractivity contribution < 1.29 is 9.53 Å². The molecule has 0 radical (unpaired) electrons. The van der Waals surface area contributed by atoms with E-state index in [9.17, 15) is 4.79 Å². The topological polar surface area (TPSA) is 38.3 Å². The van der Waals surface area contributed by atoms with Gasteiger partial charge in [-0.2, -0.15) is 0 Å². The molecule has 0 aliphatic heterocycles. The molecule has 112 valence electrons. The highest BCUT2D eigenvalue weighted by Gasteiger charge is 2.28. The molecule has 0 spiro atoms. The van der Waals surface area contributed by atoms with Crippen LogP contribution in [0.1, 0.15) is 17.0 Å². The van der Waals surface area contributed by atoms with Crippen molar-refractivity contribution in [3.63, 3.8) is 0 Å². The Balaban J connectivity index is 1.75. The Labute approximate surface area is 143 Å². The second kappa shape index (κ2) is 6.96. The maximum Gasteiger partial charge on any atom is 0.407 e. The third-order valence-electron chi connectivity index (χ3n) is 3.80. The van der Waals surface area contributed by atoms with Gasteiger partial charge in [-0.3, -0.25) is 0 Å². The van der Waals surface area contributed by atoms with Gasteiger partial charge in [-0.15, -0.1) is 0 Å². The minimum absolute atomic E-state index is 0.110. The predicted octanol–water partition coefficient (Wildman–Crippen LogP) is 4.47. The Morgan fingerprint density at radius 2 is 1.68 bits per heavy atom. The van der Waals surface area contributed by atoms with E-state index in [0.717, 1.165) is 0 Å². The zero-order chi connectivity index (χ0) is 15.4. The van der Waals surface area contributed by atoms with Gasteiger partial charge in [0.05, 0.1) is 0 Å². The van der Waals surface area contributed by atoms with Crippen LogP contribution in [-0.4, -0.2) is 19.2 Å².